The van der Waals surface area contributed by atoms with E-state index in [1.54, 1.807) is 0 Å². The third-order valence-electron chi connectivity index (χ3n) is 5.87. The normalized spacial score (nSPS) is 18.7. The van der Waals surface area contributed by atoms with Gasteiger partial charge in [0.1, 0.15) is 0 Å². The molecule has 2 aromatic rings. The summed E-state index contributed by atoms with van der Waals surface area (Å²) in [6, 6.07) is 7.00. The third-order valence-corrected chi connectivity index (χ3v) is 5.87. The summed E-state index contributed by atoms with van der Waals surface area (Å²) in [4.78, 5) is 21.8. The van der Waals surface area contributed by atoms with Gasteiger partial charge in [0.25, 0.3) is 0 Å². The molecule has 1 aromatic heterocycles. The molecule has 0 spiro atoms. The maximum Gasteiger partial charge on any atom is 0.395 e. The quantitative estimate of drug-likeness (QED) is 0.777. The summed E-state index contributed by atoms with van der Waals surface area (Å²) in [6.07, 6.45) is -4.16. The molecular formula is C21H24F3N5O. The summed E-state index contributed by atoms with van der Waals surface area (Å²) in [7, 11) is 2.05. The minimum Gasteiger partial charge on any atom is -0.339 e. The standard InChI is InChI=1S/C21H24F3N5O/c1-27-12-14-28(15-13-27)18-26-16-6-2-3-7-17(16)29(18)19(30)25-11-5-4-8-20(9-10-20)21(22,23)24/h2-3,6-7H,8-15H2,1H3,(H,25,30). The largest absolute Gasteiger partial charge is 0.395 e. The highest BCUT2D eigenvalue weighted by molar-refractivity contribution is 5.93. The maximum absolute atomic E-state index is 13.0. The van der Waals surface area contributed by atoms with Gasteiger partial charge < -0.3 is 15.1 Å². The number of anilines is 1. The molecule has 9 heteroatoms. The van der Waals surface area contributed by atoms with Crippen LogP contribution in [0.5, 0.6) is 0 Å². The fourth-order valence-electron chi connectivity index (χ4n) is 3.64. The first-order valence-electron chi connectivity index (χ1n) is 10.0. The van der Waals surface area contributed by atoms with E-state index < -0.39 is 11.6 Å². The molecule has 0 bridgehead atoms. The van der Waals surface area contributed by atoms with Crippen molar-refractivity contribution in [3.8, 4) is 11.8 Å². The number of para-hydroxylation sites is 2. The molecule has 2 heterocycles. The van der Waals surface area contributed by atoms with Gasteiger partial charge in [0.2, 0.25) is 5.95 Å². The molecule has 0 unspecified atom stereocenters. The molecule has 160 valence electrons. The Morgan fingerprint density at radius 3 is 2.53 bits per heavy atom. The van der Waals surface area contributed by atoms with Crippen molar-refractivity contribution in [2.45, 2.75) is 25.4 Å². The van der Waals surface area contributed by atoms with E-state index in [-0.39, 0.29) is 31.8 Å². The smallest absolute Gasteiger partial charge is 0.339 e. The van der Waals surface area contributed by atoms with Crippen molar-refractivity contribution >= 4 is 23.0 Å². The highest BCUT2D eigenvalue weighted by Crippen LogP contribution is 2.59. The average Bonchev–Trinajstić information content (AvgIpc) is 3.41. The van der Waals surface area contributed by atoms with E-state index in [4.69, 9.17) is 0 Å². The molecule has 1 N–H and O–H groups in total. The number of hydrogen-bond donors (Lipinski definition) is 1. The van der Waals surface area contributed by atoms with Gasteiger partial charge in [0.15, 0.2) is 0 Å². The van der Waals surface area contributed by atoms with E-state index in [1.165, 1.54) is 4.57 Å². The number of nitrogens with zero attached hydrogens (tertiary/aromatic N) is 4. The second kappa shape index (κ2) is 7.84. The summed E-state index contributed by atoms with van der Waals surface area (Å²) in [5.41, 5.74) is -0.238. The molecule has 30 heavy (non-hydrogen) atoms. The summed E-state index contributed by atoms with van der Waals surface area (Å²) >= 11 is 0. The van der Waals surface area contributed by atoms with Crippen LogP contribution >= 0.6 is 0 Å². The van der Waals surface area contributed by atoms with E-state index in [0.717, 1.165) is 26.2 Å². The van der Waals surface area contributed by atoms with Crippen LogP contribution in [0.2, 0.25) is 0 Å². The first-order chi connectivity index (χ1) is 14.3. The SMILES string of the molecule is CN1CCN(c2nc3ccccc3n2C(=O)NCC#CCC2(C(F)(F)F)CC2)CC1. The minimum atomic E-state index is -4.21. The Morgan fingerprint density at radius 2 is 1.87 bits per heavy atom. The zero-order valence-electron chi connectivity index (χ0n) is 16.8. The Labute approximate surface area is 173 Å². The summed E-state index contributed by atoms with van der Waals surface area (Å²) < 4.78 is 40.4. The van der Waals surface area contributed by atoms with Gasteiger partial charge in [0.05, 0.1) is 23.0 Å². The number of amides is 1. The van der Waals surface area contributed by atoms with Crippen molar-refractivity contribution in [2.24, 2.45) is 5.41 Å². The van der Waals surface area contributed by atoms with Crippen molar-refractivity contribution in [1.82, 2.24) is 19.8 Å². The molecule has 2 aliphatic rings. The lowest BCUT2D eigenvalue weighted by Crippen LogP contribution is -2.46. The van der Waals surface area contributed by atoms with Crippen LogP contribution in [0.1, 0.15) is 19.3 Å². The summed E-state index contributed by atoms with van der Waals surface area (Å²) in [5.74, 6) is 5.83. The number of rotatable bonds is 3. The number of fused-ring (bicyclic) bond motifs is 1. The topological polar surface area (TPSA) is 53.4 Å². The highest BCUT2D eigenvalue weighted by atomic mass is 19.4. The number of nitrogens with one attached hydrogen (secondary N) is 1. The van der Waals surface area contributed by atoms with E-state index in [1.807, 2.05) is 24.3 Å². The number of likely N-dealkylation sites (N-methyl/N-ethyl adjacent to an activating group) is 1. The van der Waals surface area contributed by atoms with E-state index >= 15 is 0 Å². The van der Waals surface area contributed by atoms with Gasteiger partial charge in [-0.05, 0) is 32.0 Å². The molecule has 0 atom stereocenters. The number of carbonyl (C=O) groups is 1. The summed E-state index contributed by atoms with van der Waals surface area (Å²) in [5, 5.41) is 2.70. The number of aromatic nitrogens is 2. The van der Waals surface area contributed by atoms with Crippen LogP contribution in [-0.2, 0) is 0 Å². The first-order valence-corrected chi connectivity index (χ1v) is 10.0. The average molecular weight is 419 g/mol. The lowest BCUT2D eigenvalue weighted by atomic mass is 10.0. The number of imidazole rings is 1. The van der Waals surface area contributed by atoms with Gasteiger partial charge in [-0.15, -0.1) is 5.92 Å². The van der Waals surface area contributed by atoms with Crippen molar-refractivity contribution in [2.75, 3.05) is 44.7 Å². The van der Waals surface area contributed by atoms with Crippen molar-refractivity contribution in [3.05, 3.63) is 24.3 Å². The van der Waals surface area contributed by atoms with Crippen molar-refractivity contribution in [3.63, 3.8) is 0 Å². The molecule has 4 rings (SSSR count). The van der Waals surface area contributed by atoms with Crippen molar-refractivity contribution < 1.29 is 18.0 Å². The van der Waals surface area contributed by atoms with Gasteiger partial charge in [-0.2, -0.15) is 13.2 Å². The number of alkyl halides is 3. The van der Waals surface area contributed by atoms with E-state index in [2.05, 4.69) is 39.0 Å². The molecule has 1 aromatic carbocycles. The van der Waals surface area contributed by atoms with Crippen LogP contribution in [-0.4, -0.2) is 66.4 Å². The number of benzene rings is 1. The van der Waals surface area contributed by atoms with Gasteiger partial charge in [-0.25, -0.2) is 14.3 Å². The lowest BCUT2D eigenvalue weighted by Gasteiger charge is -2.33. The number of piperazine rings is 1. The predicted octanol–water partition coefficient (Wildman–Crippen LogP) is 3.08. The second-order valence-electron chi connectivity index (χ2n) is 7.99. The monoisotopic (exact) mass is 419 g/mol. The van der Waals surface area contributed by atoms with Crippen LogP contribution in [0.4, 0.5) is 23.9 Å². The van der Waals surface area contributed by atoms with Crippen LogP contribution in [0, 0.1) is 17.3 Å². The Morgan fingerprint density at radius 1 is 1.17 bits per heavy atom. The highest BCUT2D eigenvalue weighted by Gasteiger charge is 2.62. The number of carbonyl (C=O) groups excluding carboxylic acids is 1. The summed E-state index contributed by atoms with van der Waals surface area (Å²) in [6.45, 7) is 3.24. The van der Waals surface area contributed by atoms with Gasteiger partial charge in [-0.1, -0.05) is 18.1 Å². The molecule has 1 saturated carbocycles. The molecule has 1 saturated heterocycles. The predicted molar refractivity (Wildman–Crippen MR) is 108 cm³/mol. The zero-order chi connectivity index (χ0) is 21.4. The number of halogens is 3. The lowest BCUT2D eigenvalue weighted by molar-refractivity contribution is -0.185. The molecule has 6 nitrogen and oxygen atoms in total. The van der Waals surface area contributed by atoms with E-state index in [9.17, 15) is 18.0 Å². The Balaban J connectivity index is 1.47. The van der Waals surface area contributed by atoms with Crippen molar-refractivity contribution in [1.29, 1.82) is 0 Å². The van der Waals surface area contributed by atoms with Gasteiger partial charge in [0, 0.05) is 32.6 Å². The van der Waals surface area contributed by atoms with Crippen LogP contribution in [0.15, 0.2) is 24.3 Å². The first kappa shape index (κ1) is 20.5. The zero-order valence-corrected chi connectivity index (χ0v) is 16.8. The minimum absolute atomic E-state index is 0.0124. The van der Waals surface area contributed by atoms with Crippen LogP contribution < -0.4 is 10.2 Å². The molecule has 2 fully saturated rings. The number of hydrogen-bond acceptors (Lipinski definition) is 4. The molecule has 1 aliphatic carbocycles. The van der Waals surface area contributed by atoms with E-state index in [0.29, 0.717) is 17.0 Å². The Hall–Kier alpha value is -2.73. The molecule has 0 radical (unpaired) electrons. The van der Waals surface area contributed by atoms with Gasteiger partial charge >= 0.3 is 12.2 Å². The third kappa shape index (κ3) is 3.97. The molecule has 1 aliphatic heterocycles. The Kier molecular flexibility index (Phi) is 5.36. The van der Waals surface area contributed by atoms with Gasteiger partial charge in [-0.3, -0.25) is 0 Å². The van der Waals surface area contributed by atoms with Crippen LogP contribution in [0.3, 0.4) is 0 Å². The fourth-order valence-corrected chi connectivity index (χ4v) is 3.64. The molecular weight excluding hydrogens is 395 g/mol. The van der Waals surface area contributed by atoms with Crippen LogP contribution in [0.25, 0.3) is 11.0 Å². The molecule has 1 amide bonds. The fraction of sp³-hybridized carbons (Fsp3) is 0.524. The Bertz CT molecular complexity index is 991. The maximum atomic E-state index is 13.0. The second-order valence-corrected chi connectivity index (χ2v) is 7.99.